The fourth-order valence-corrected chi connectivity index (χ4v) is 2.84. The Morgan fingerprint density at radius 3 is 2.24 bits per heavy atom. The highest BCUT2D eigenvalue weighted by Crippen LogP contribution is 2.22. The molecule has 112 valence electrons. The van der Waals surface area contributed by atoms with Crippen LogP contribution in [-0.2, 0) is 22.0 Å². The number of sulfonamides is 1. The highest BCUT2D eigenvalue weighted by molar-refractivity contribution is 7.89. The topological polar surface area (TPSA) is 59.1 Å². The Morgan fingerprint density at radius 2 is 1.71 bits per heavy atom. The smallest absolute Gasteiger partial charge is 0.243 e. The van der Waals surface area contributed by atoms with Crippen LogP contribution in [0.1, 0.15) is 31.9 Å². The number of aromatic nitrogens is 1. The third kappa shape index (κ3) is 4.12. The van der Waals surface area contributed by atoms with Crippen LogP contribution in [0, 0.1) is 0 Å². The summed E-state index contributed by atoms with van der Waals surface area (Å²) in [5.41, 5.74) is 2.23. The summed E-state index contributed by atoms with van der Waals surface area (Å²) in [7, 11) is -3.56. The van der Waals surface area contributed by atoms with Crippen LogP contribution in [0.5, 0.6) is 0 Å². The number of benzene rings is 1. The van der Waals surface area contributed by atoms with Crippen LogP contribution in [0.2, 0.25) is 0 Å². The van der Waals surface area contributed by atoms with Crippen LogP contribution in [0.4, 0.5) is 0 Å². The monoisotopic (exact) mass is 304 g/mol. The molecule has 0 atom stereocenters. The highest BCUT2D eigenvalue weighted by Gasteiger charge is 2.15. The first-order chi connectivity index (χ1) is 9.79. The molecule has 1 heterocycles. The van der Waals surface area contributed by atoms with Crippen molar-refractivity contribution in [2.45, 2.75) is 37.8 Å². The first-order valence-corrected chi connectivity index (χ1v) is 8.27. The van der Waals surface area contributed by atoms with Gasteiger partial charge in [0.05, 0.1) is 0 Å². The first kappa shape index (κ1) is 15.7. The van der Waals surface area contributed by atoms with E-state index in [1.165, 1.54) is 17.8 Å². The molecule has 2 rings (SSSR count). The maximum Gasteiger partial charge on any atom is 0.258 e. The predicted molar refractivity (Wildman–Crippen MR) is 83.4 cm³/mol. The van der Waals surface area contributed by atoms with E-state index in [0.717, 1.165) is 5.56 Å². The summed E-state index contributed by atoms with van der Waals surface area (Å²) in [5.74, 6) is 0. The van der Waals surface area contributed by atoms with Gasteiger partial charge in [0.25, 0.3) is 10.0 Å². The van der Waals surface area contributed by atoms with Crippen LogP contribution < -0.4 is 4.72 Å². The van der Waals surface area contributed by atoms with Gasteiger partial charge < -0.3 is 0 Å². The molecule has 1 aromatic carbocycles. The van der Waals surface area contributed by atoms with Crippen LogP contribution in [0.25, 0.3) is 0 Å². The van der Waals surface area contributed by atoms with Gasteiger partial charge in [-0.1, -0.05) is 51.1 Å². The maximum atomic E-state index is 12.1. The van der Waals surface area contributed by atoms with Gasteiger partial charge in [-0.15, -0.1) is 0 Å². The van der Waals surface area contributed by atoms with Crippen molar-refractivity contribution in [2.24, 2.45) is 0 Å². The second kappa shape index (κ2) is 5.95. The van der Waals surface area contributed by atoms with E-state index in [1.807, 2.05) is 24.3 Å². The molecular formula is C16H20N2O2S. The Bertz CT molecular complexity index is 687. The van der Waals surface area contributed by atoms with Gasteiger partial charge in [0.15, 0.2) is 5.03 Å². The SMILES string of the molecule is CC(C)(C)c1ccc(CNS(=O)(=O)c2ccccn2)cc1. The number of rotatable bonds is 4. The van der Waals surface area contributed by atoms with E-state index in [1.54, 1.807) is 12.1 Å². The second-order valence-corrected chi connectivity index (χ2v) is 7.65. The van der Waals surface area contributed by atoms with E-state index in [2.05, 4.69) is 30.5 Å². The van der Waals surface area contributed by atoms with Gasteiger partial charge in [0, 0.05) is 12.7 Å². The number of hydrogen-bond donors (Lipinski definition) is 1. The van der Waals surface area contributed by atoms with Crippen molar-refractivity contribution in [3.05, 3.63) is 59.8 Å². The summed E-state index contributed by atoms with van der Waals surface area (Å²) in [6, 6.07) is 12.8. The molecule has 1 N–H and O–H groups in total. The Labute approximate surface area is 126 Å². The van der Waals surface area contributed by atoms with E-state index in [9.17, 15) is 8.42 Å². The summed E-state index contributed by atoms with van der Waals surface area (Å²) < 4.78 is 26.7. The van der Waals surface area contributed by atoms with Crippen LogP contribution in [0.15, 0.2) is 53.7 Å². The first-order valence-electron chi connectivity index (χ1n) is 6.79. The molecule has 4 nitrogen and oxygen atoms in total. The van der Waals surface area contributed by atoms with Crippen molar-refractivity contribution >= 4 is 10.0 Å². The van der Waals surface area contributed by atoms with E-state index in [0.29, 0.717) is 0 Å². The number of pyridine rings is 1. The van der Waals surface area contributed by atoms with E-state index >= 15 is 0 Å². The molecular weight excluding hydrogens is 284 g/mol. The second-order valence-electron chi connectivity index (χ2n) is 5.94. The van der Waals surface area contributed by atoms with Gasteiger partial charge in [0.1, 0.15) is 0 Å². The summed E-state index contributed by atoms with van der Waals surface area (Å²) in [6.07, 6.45) is 1.46. The Morgan fingerprint density at radius 1 is 1.05 bits per heavy atom. The Hall–Kier alpha value is -1.72. The van der Waals surface area contributed by atoms with E-state index < -0.39 is 10.0 Å². The average molecular weight is 304 g/mol. The fraction of sp³-hybridized carbons (Fsp3) is 0.312. The lowest BCUT2D eigenvalue weighted by atomic mass is 9.87. The zero-order valence-electron chi connectivity index (χ0n) is 12.5. The minimum Gasteiger partial charge on any atom is -0.243 e. The lowest BCUT2D eigenvalue weighted by Crippen LogP contribution is -2.24. The molecule has 0 saturated heterocycles. The molecule has 5 heteroatoms. The number of hydrogen-bond acceptors (Lipinski definition) is 3. The summed E-state index contributed by atoms with van der Waals surface area (Å²) in [5, 5.41) is 0.0383. The maximum absolute atomic E-state index is 12.1. The van der Waals surface area contributed by atoms with Crippen LogP contribution in [-0.4, -0.2) is 13.4 Å². The highest BCUT2D eigenvalue weighted by atomic mass is 32.2. The molecule has 21 heavy (non-hydrogen) atoms. The number of nitrogens with zero attached hydrogens (tertiary/aromatic N) is 1. The van der Waals surface area contributed by atoms with Gasteiger partial charge in [-0.3, -0.25) is 0 Å². The molecule has 0 spiro atoms. The zero-order chi connectivity index (χ0) is 15.5. The van der Waals surface area contributed by atoms with Gasteiger partial charge in [-0.05, 0) is 28.7 Å². The molecule has 0 amide bonds. The van der Waals surface area contributed by atoms with Gasteiger partial charge in [-0.2, -0.15) is 0 Å². The van der Waals surface area contributed by atoms with Crippen molar-refractivity contribution in [3.8, 4) is 0 Å². The minimum absolute atomic E-state index is 0.0383. The van der Waals surface area contributed by atoms with E-state index in [-0.39, 0.29) is 17.0 Å². The Balaban J connectivity index is 2.07. The molecule has 0 aliphatic carbocycles. The lowest BCUT2D eigenvalue weighted by molar-refractivity contribution is 0.576. The van der Waals surface area contributed by atoms with Crippen molar-refractivity contribution in [1.82, 2.24) is 9.71 Å². The molecule has 0 aliphatic rings. The molecule has 0 unspecified atom stereocenters. The zero-order valence-corrected chi connectivity index (χ0v) is 13.3. The summed E-state index contributed by atoms with van der Waals surface area (Å²) in [6.45, 7) is 6.69. The predicted octanol–water partition coefficient (Wildman–Crippen LogP) is 2.86. The lowest BCUT2D eigenvalue weighted by Gasteiger charge is -2.19. The van der Waals surface area contributed by atoms with Crippen molar-refractivity contribution in [3.63, 3.8) is 0 Å². The number of nitrogens with one attached hydrogen (secondary N) is 1. The Kier molecular flexibility index (Phi) is 4.44. The standard InChI is InChI=1S/C16H20N2O2S/c1-16(2,3)14-9-7-13(8-10-14)12-18-21(19,20)15-6-4-5-11-17-15/h4-11,18H,12H2,1-3H3. The van der Waals surface area contributed by atoms with Gasteiger partial charge >= 0.3 is 0 Å². The van der Waals surface area contributed by atoms with Crippen LogP contribution in [0.3, 0.4) is 0 Å². The average Bonchev–Trinajstić information content (AvgIpc) is 2.46. The minimum atomic E-state index is -3.56. The molecule has 0 radical (unpaired) electrons. The van der Waals surface area contributed by atoms with Crippen molar-refractivity contribution < 1.29 is 8.42 Å². The third-order valence-electron chi connectivity index (χ3n) is 3.20. The molecule has 0 aliphatic heterocycles. The third-order valence-corrected chi connectivity index (χ3v) is 4.52. The molecule has 0 fully saturated rings. The summed E-state index contributed by atoms with van der Waals surface area (Å²) >= 11 is 0. The molecule has 0 saturated carbocycles. The summed E-state index contributed by atoms with van der Waals surface area (Å²) in [4.78, 5) is 3.86. The fourth-order valence-electron chi connectivity index (χ4n) is 1.88. The molecule has 2 aromatic rings. The normalized spacial score (nSPS) is 12.3. The van der Waals surface area contributed by atoms with Gasteiger partial charge in [0.2, 0.25) is 0 Å². The molecule has 1 aromatic heterocycles. The quantitative estimate of drug-likeness (QED) is 0.945. The van der Waals surface area contributed by atoms with E-state index in [4.69, 9.17) is 0 Å². The van der Waals surface area contributed by atoms with Gasteiger partial charge in [-0.25, -0.2) is 18.1 Å². The van der Waals surface area contributed by atoms with Crippen molar-refractivity contribution in [1.29, 1.82) is 0 Å². The van der Waals surface area contributed by atoms with Crippen molar-refractivity contribution in [2.75, 3.05) is 0 Å². The largest absolute Gasteiger partial charge is 0.258 e. The molecule has 0 bridgehead atoms. The van der Waals surface area contributed by atoms with Crippen LogP contribution >= 0.6 is 0 Å².